The molecule has 0 radical (unpaired) electrons. The maximum atomic E-state index is 5.90. The van der Waals surface area contributed by atoms with Gasteiger partial charge in [-0.15, -0.1) is 0 Å². The number of hydrogen-bond acceptors (Lipinski definition) is 3. The summed E-state index contributed by atoms with van der Waals surface area (Å²) in [5.41, 5.74) is 7.16. The molecular weight excluding hydrogens is 198 g/mol. The van der Waals surface area contributed by atoms with Crippen LogP contribution in [0, 0.1) is 0 Å². The van der Waals surface area contributed by atoms with Crippen LogP contribution in [-0.4, -0.2) is 17.1 Å². The molecule has 3 N–H and O–H groups in total. The molecule has 16 heavy (non-hydrogen) atoms. The third-order valence-electron chi connectivity index (χ3n) is 3.44. The average Bonchev–Trinajstić information content (AvgIpc) is 2.33. The summed E-state index contributed by atoms with van der Waals surface area (Å²) in [7, 11) is 0. The number of hydrogen-bond donors (Lipinski definition) is 2. The van der Waals surface area contributed by atoms with Crippen LogP contribution < -0.4 is 11.1 Å². The summed E-state index contributed by atoms with van der Waals surface area (Å²) in [6, 6.07) is 5.54. The summed E-state index contributed by atoms with van der Waals surface area (Å²) in [6.07, 6.45) is 8.45. The molecule has 2 rings (SSSR count). The predicted octanol–water partition coefficient (Wildman–Crippen LogP) is 2.00. The molecule has 0 saturated heterocycles. The lowest BCUT2D eigenvalue weighted by molar-refractivity contribution is 0.322. The summed E-state index contributed by atoms with van der Waals surface area (Å²) < 4.78 is 0. The molecule has 1 unspecified atom stereocenters. The van der Waals surface area contributed by atoms with E-state index in [1.165, 1.54) is 18.4 Å². The first kappa shape index (κ1) is 11.6. The van der Waals surface area contributed by atoms with Gasteiger partial charge in [0.05, 0.1) is 0 Å². The Morgan fingerprint density at radius 1 is 1.38 bits per heavy atom. The molecule has 1 aromatic heterocycles. The Morgan fingerprint density at radius 3 is 2.75 bits per heavy atom. The summed E-state index contributed by atoms with van der Waals surface area (Å²) in [6.45, 7) is 2.20. The molecule has 3 nitrogen and oxygen atoms in total. The molecule has 1 saturated carbocycles. The predicted molar refractivity (Wildman–Crippen MR) is 66.0 cm³/mol. The van der Waals surface area contributed by atoms with Gasteiger partial charge in [-0.2, -0.15) is 0 Å². The zero-order valence-electron chi connectivity index (χ0n) is 9.89. The first-order valence-corrected chi connectivity index (χ1v) is 6.17. The van der Waals surface area contributed by atoms with Gasteiger partial charge in [-0.3, -0.25) is 4.98 Å². The van der Waals surface area contributed by atoms with Crippen molar-refractivity contribution in [3.05, 3.63) is 30.1 Å². The Morgan fingerprint density at radius 2 is 2.12 bits per heavy atom. The molecule has 0 spiro atoms. The standard InChI is InChI=1S/C13H21N3/c1-10(11-3-2-8-15-9-11)16-13-6-4-12(14)5-7-13/h2-3,8-10,12-13,16H,4-7,14H2,1H3. The van der Waals surface area contributed by atoms with Gasteiger partial charge >= 0.3 is 0 Å². The third kappa shape index (κ3) is 3.03. The van der Waals surface area contributed by atoms with Gasteiger partial charge in [-0.05, 0) is 44.2 Å². The van der Waals surface area contributed by atoms with Gasteiger partial charge in [0.15, 0.2) is 0 Å². The van der Waals surface area contributed by atoms with Crippen LogP contribution >= 0.6 is 0 Å². The number of nitrogens with one attached hydrogen (secondary N) is 1. The van der Waals surface area contributed by atoms with E-state index in [1.54, 1.807) is 0 Å². The van der Waals surface area contributed by atoms with E-state index in [-0.39, 0.29) is 0 Å². The zero-order valence-corrected chi connectivity index (χ0v) is 9.89. The van der Waals surface area contributed by atoms with E-state index >= 15 is 0 Å². The normalized spacial score (nSPS) is 27.6. The van der Waals surface area contributed by atoms with Crippen LogP contribution in [0.1, 0.15) is 44.2 Å². The highest BCUT2D eigenvalue weighted by atomic mass is 14.9. The minimum absolute atomic E-state index is 0.382. The summed E-state index contributed by atoms with van der Waals surface area (Å²) >= 11 is 0. The zero-order chi connectivity index (χ0) is 11.4. The summed E-state index contributed by atoms with van der Waals surface area (Å²) in [4.78, 5) is 4.15. The Bertz CT molecular complexity index is 304. The maximum Gasteiger partial charge on any atom is 0.0315 e. The topological polar surface area (TPSA) is 50.9 Å². The van der Waals surface area contributed by atoms with Crippen LogP contribution in [-0.2, 0) is 0 Å². The van der Waals surface area contributed by atoms with Crippen molar-refractivity contribution >= 4 is 0 Å². The van der Waals surface area contributed by atoms with Crippen molar-refractivity contribution in [1.82, 2.24) is 10.3 Å². The second-order valence-corrected chi connectivity index (χ2v) is 4.79. The van der Waals surface area contributed by atoms with Gasteiger partial charge in [0, 0.05) is 30.5 Å². The van der Waals surface area contributed by atoms with Crippen molar-refractivity contribution in [2.45, 2.75) is 50.7 Å². The molecule has 0 amide bonds. The number of rotatable bonds is 3. The smallest absolute Gasteiger partial charge is 0.0315 e. The minimum atomic E-state index is 0.382. The van der Waals surface area contributed by atoms with Crippen LogP contribution in [0.4, 0.5) is 0 Å². The molecule has 3 heteroatoms. The van der Waals surface area contributed by atoms with Gasteiger partial charge < -0.3 is 11.1 Å². The van der Waals surface area contributed by atoms with Crippen LogP contribution in [0.5, 0.6) is 0 Å². The van der Waals surface area contributed by atoms with Crippen molar-refractivity contribution in [2.24, 2.45) is 5.73 Å². The Kier molecular flexibility index (Phi) is 3.91. The maximum absolute atomic E-state index is 5.90. The van der Waals surface area contributed by atoms with Crippen molar-refractivity contribution < 1.29 is 0 Å². The highest BCUT2D eigenvalue weighted by Gasteiger charge is 2.20. The number of nitrogens with two attached hydrogens (primary N) is 1. The largest absolute Gasteiger partial charge is 0.328 e. The van der Waals surface area contributed by atoms with Gasteiger partial charge in [0.25, 0.3) is 0 Å². The quantitative estimate of drug-likeness (QED) is 0.817. The monoisotopic (exact) mass is 219 g/mol. The first-order valence-electron chi connectivity index (χ1n) is 6.17. The van der Waals surface area contributed by atoms with Crippen LogP contribution in [0.3, 0.4) is 0 Å². The van der Waals surface area contributed by atoms with Gasteiger partial charge in [0.1, 0.15) is 0 Å². The van der Waals surface area contributed by atoms with Crippen molar-refractivity contribution in [3.63, 3.8) is 0 Å². The fourth-order valence-electron chi connectivity index (χ4n) is 2.37. The molecule has 1 fully saturated rings. The molecule has 1 heterocycles. The van der Waals surface area contributed by atoms with E-state index in [4.69, 9.17) is 5.73 Å². The fraction of sp³-hybridized carbons (Fsp3) is 0.615. The number of aromatic nitrogens is 1. The Hall–Kier alpha value is -0.930. The number of nitrogens with zero attached hydrogens (tertiary/aromatic N) is 1. The molecule has 0 aliphatic heterocycles. The lowest BCUT2D eigenvalue weighted by atomic mass is 9.91. The van der Waals surface area contributed by atoms with Crippen molar-refractivity contribution in [3.8, 4) is 0 Å². The van der Waals surface area contributed by atoms with E-state index in [9.17, 15) is 0 Å². The van der Waals surface area contributed by atoms with E-state index in [0.29, 0.717) is 18.1 Å². The SMILES string of the molecule is CC(NC1CCC(N)CC1)c1cccnc1. The number of pyridine rings is 1. The molecule has 1 atom stereocenters. The summed E-state index contributed by atoms with van der Waals surface area (Å²) in [5.74, 6) is 0. The van der Waals surface area contributed by atoms with Crippen LogP contribution in [0.2, 0.25) is 0 Å². The second kappa shape index (κ2) is 5.41. The Balaban J connectivity index is 1.86. The van der Waals surface area contributed by atoms with Gasteiger partial charge in [-0.25, -0.2) is 0 Å². The summed E-state index contributed by atoms with van der Waals surface area (Å²) in [5, 5.41) is 3.66. The molecule has 0 bridgehead atoms. The lowest BCUT2D eigenvalue weighted by Gasteiger charge is -2.29. The highest BCUT2D eigenvalue weighted by molar-refractivity contribution is 5.13. The minimum Gasteiger partial charge on any atom is -0.328 e. The lowest BCUT2D eigenvalue weighted by Crippen LogP contribution is -2.38. The van der Waals surface area contributed by atoms with Gasteiger partial charge in [0.2, 0.25) is 0 Å². The van der Waals surface area contributed by atoms with E-state index in [0.717, 1.165) is 12.8 Å². The van der Waals surface area contributed by atoms with Gasteiger partial charge in [-0.1, -0.05) is 6.07 Å². The average molecular weight is 219 g/mol. The second-order valence-electron chi connectivity index (χ2n) is 4.79. The molecule has 1 aromatic rings. The molecular formula is C13H21N3. The van der Waals surface area contributed by atoms with Crippen LogP contribution in [0.15, 0.2) is 24.5 Å². The molecule has 1 aliphatic carbocycles. The highest BCUT2D eigenvalue weighted by Crippen LogP contribution is 2.20. The third-order valence-corrected chi connectivity index (χ3v) is 3.44. The Labute approximate surface area is 97.5 Å². The molecule has 0 aromatic carbocycles. The molecule has 1 aliphatic rings. The van der Waals surface area contributed by atoms with Crippen LogP contribution in [0.25, 0.3) is 0 Å². The fourth-order valence-corrected chi connectivity index (χ4v) is 2.37. The van der Waals surface area contributed by atoms with E-state index < -0.39 is 0 Å². The van der Waals surface area contributed by atoms with Crippen molar-refractivity contribution in [1.29, 1.82) is 0 Å². The van der Waals surface area contributed by atoms with Crippen molar-refractivity contribution in [2.75, 3.05) is 0 Å². The van der Waals surface area contributed by atoms with E-state index in [1.807, 2.05) is 18.5 Å². The van der Waals surface area contributed by atoms with E-state index in [2.05, 4.69) is 23.3 Å². The molecule has 88 valence electrons. The first-order chi connectivity index (χ1) is 7.75.